The van der Waals surface area contributed by atoms with Gasteiger partial charge in [-0.3, -0.25) is 4.79 Å². The number of hydrogen-bond donors (Lipinski definition) is 0. The Morgan fingerprint density at radius 1 is 1.07 bits per heavy atom. The summed E-state index contributed by atoms with van der Waals surface area (Å²) in [5.74, 6) is -0.124. The Kier molecular flexibility index (Phi) is 8.22. The molecule has 2 aliphatic heterocycles. The molecule has 0 aromatic heterocycles. The fourth-order valence-electron chi connectivity index (χ4n) is 3.88. The van der Waals surface area contributed by atoms with Gasteiger partial charge in [0.1, 0.15) is 36.5 Å². The van der Waals surface area contributed by atoms with Crippen LogP contribution in [0.1, 0.15) is 48.5 Å². The van der Waals surface area contributed by atoms with Gasteiger partial charge in [-0.05, 0) is 37.7 Å². The molecule has 0 radical (unpaired) electrons. The van der Waals surface area contributed by atoms with Crippen LogP contribution in [-0.4, -0.2) is 62.3 Å². The largest absolute Gasteiger partial charge is 0.463 e. The van der Waals surface area contributed by atoms with Crippen molar-refractivity contribution < 1.29 is 28.2 Å². The molecule has 0 aliphatic carbocycles. The fraction of sp³-hybridized carbons (Fsp3) is 0.947. The molecule has 0 amide bonds. The van der Waals surface area contributed by atoms with Gasteiger partial charge in [-0.15, -0.1) is 11.8 Å². The van der Waals surface area contributed by atoms with E-state index in [4.69, 9.17) is 23.4 Å². The summed E-state index contributed by atoms with van der Waals surface area (Å²) in [5.41, 5.74) is -0.161. The summed E-state index contributed by atoms with van der Waals surface area (Å²) < 4.78 is 30.9. The average molecular weight is 421 g/mol. The Hall–Kier alpha value is -0.123. The van der Waals surface area contributed by atoms with E-state index >= 15 is 0 Å². The molecule has 2 aliphatic rings. The summed E-state index contributed by atoms with van der Waals surface area (Å²) >= 11 is 1.72. The van der Waals surface area contributed by atoms with Crippen LogP contribution in [0.3, 0.4) is 0 Å². The fourth-order valence-corrected chi connectivity index (χ4v) is 7.77. The lowest BCUT2D eigenvalue weighted by Gasteiger charge is -2.45. The minimum Gasteiger partial charge on any atom is -0.463 e. The Morgan fingerprint density at radius 2 is 1.67 bits per heavy atom. The van der Waals surface area contributed by atoms with Gasteiger partial charge in [0, 0.05) is 6.92 Å². The van der Waals surface area contributed by atoms with E-state index in [1.165, 1.54) is 6.92 Å². The summed E-state index contributed by atoms with van der Waals surface area (Å²) in [7, 11) is -1.85. The van der Waals surface area contributed by atoms with Crippen LogP contribution in [0.2, 0.25) is 18.1 Å². The monoisotopic (exact) mass is 420 g/mol. The van der Waals surface area contributed by atoms with Gasteiger partial charge in [0.25, 0.3) is 0 Å². The number of carbonyl (C=O) groups is 1. The first-order valence-corrected chi connectivity index (χ1v) is 13.7. The second-order valence-electron chi connectivity index (χ2n) is 7.69. The topological polar surface area (TPSA) is 63.2 Å². The van der Waals surface area contributed by atoms with E-state index in [-0.39, 0.29) is 42.4 Å². The molecule has 8 heteroatoms. The third-order valence-corrected chi connectivity index (χ3v) is 11.2. The average Bonchev–Trinajstić information content (AvgIpc) is 2.95. The maximum absolute atomic E-state index is 11.3. The Bertz CT molecular complexity index is 490. The van der Waals surface area contributed by atoms with Gasteiger partial charge in [-0.25, -0.2) is 0 Å². The van der Waals surface area contributed by atoms with Crippen LogP contribution in [0.4, 0.5) is 0 Å². The van der Waals surface area contributed by atoms with Crippen LogP contribution in [0, 0.1) is 0 Å². The maximum Gasteiger partial charge on any atom is 0.302 e. The third kappa shape index (κ3) is 5.48. The van der Waals surface area contributed by atoms with Crippen molar-refractivity contribution in [1.29, 1.82) is 0 Å². The third-order valence-electron chi connectivity index (χ3n) is 5.53. The summed E-state index contributed by atoms with van der Waals surface area (Å²) in [5, 5.41) is 0. The summed E-state index contributed by atoms with van der Waals surface area (Å²) in [6.45, 7) is 14.2. The van der Waals surface area contributed by atoms with Gasteiger partial charge in [0.2, 0.25) is 0 Å². The normalized spacial score (nSPS) is 32.9. The predicted molar refractivity (Wildman–Crippen MR) is 109 cm³/mol. The molecule has 0 aromatic carbocycles. The zero-order chi connectivity index (χ0) is 20.2. The second kappa shape index (κ2) is 9.58. The van der Waals surface area contributed by atoms with E-state index in [9.17, 15) is 4.79 Å². The number of ether oxygens (including phenoxy) is 4. The molecule has 0 bridgehead atoms. The highest BCUT2D eigenvalue weighted by molar-refractivity contribution is 7.99. The van der Waals surface area contributed by atoms with Crippen molar-refractivity contribution in [2.24, 2.45) is 0 Å². The molecule has 0 N–H and O–H groups in total. The van der Waals surface area contributed by atoms with Gasteiger partial charge in [-0.1, -0.05) is 27.7 Å². The minimum atomic E-state index is -1.85. The number of thioether (sulfide) groups is 1. The minimum absolute atomic E-state index is 0.161. The van der Waals surface area contributed by atoms with Crippen molar-refractivity contribution in [1.82, 2.24) is 0 Å². The standard InChI is InChI=1S/C19H36O6SSi/c1-8-26-18-17(25-27(9-2,10-3)11-4)16-15(23-19(6,7)24-16)14(22-18)12-21-13(5)20/h14-18H,8-12H2,1-7H3/t14-,15+,16+,17-,18+/m1/s1. The van der Waals surface area contributed by atoms with Crippen molar-refractivity contribution in [3.8, 4) is 0 Å². The number of fused-ring (bicyclic) bond motifs is 1. The Morgan fingerprint density at radius 3 is 2.19 bits per heavy atom. The molecule has 27 heavy (non-hydrogen) atoms. The molecule has 0 saturated carbocycles. The zero-order valence-corrected chi connectivity index (χ0v) is 19.6. The van der Waals surface area contributed by atoms with Crippen LogP contribution in [0.5, 0.6) is 0 Å². The molecular weight excluding hydrogens is 384 g/mol. The molecule has 0 spiro atoms. The van der Waals surface area contributed by atoms with Gasteiger partial charge in [-0.2, -0.15) is 0 Å². The highest BCUT2D eigenvalue weighted by Gasteiger charge is 2.57. The Labute approximate surface area is 169 Å². The molecule has 2 fully saturated rings. The van der Waals surface area contributed by atoms with Crippen molar-refractivity contribution in [2.75, 3.05) is 12.4 Å². The molecule has 0 unspecified atom stereocenters. The highest BCUT2D eigenvalue weighted by Crippen LogP contribution is 2.43. The maximum atomic E-state index is 11.3. The lowest BCUT2D eigenvalue weighted by atomic mass is 10.0. The number of hydrogen-bond acceptors (Lipinski definition) is 7. The molecule has 5 atom stereocenters. The van der Waals surface area contributed by atoms with Crippen LogP contribution >= 0.6 is 11.8 Å². The van der Waals surface area contributed by atoms with Gasteiger partial charge >= 0.3 is 5.97 Å². The van der Waals surface area contributed by atoms with E-state index in [0.29, 0.717) is 0 Å². The first kappa shape index (κ1) is 23.2. The van der Waals surface area contributed by atoms with Gasteiger partial charge < -0.3 is 23.4 Å². The summed E-state index contributed by atoms with van der Waals surface area (Å²) in [4.78, 5) is 11.3. The van der Waals surface area contributed by atoms with Crippen molar-refractivity contribution in [2.45, 2.75) is 102 Å². The van der Waals surface area contributed by atoms with Crippen LogP contribution in [0.15, 0.2) is 0 Å². The van der Waals surface area contributed by atoms with E-state index in [1.54, 1.807) is 11.8 Å². The lowest BCUT2D eigenvalue weighted by Crippen LogP contribution is -2.60. The predicted octanol–water partition coefficient (Wildman–Crippen LogP) is 3.94. The Balaban J connectivity index is 2.29. The molecule has 6 nitrogen and oxygen atoms in total. The van der Waals surface area contributed by atoms with Crippen molar-refractivity contribution in [3.63, 3.8) is 0 Å². The summed E-state index contributed by atoms with van der Waals surface area (Å²) in [6.07, 6.45) is -1.07. The molecule has 0 aromatic rings. The SMILES string of the molecule is CCS[C@@H]1O[C@H](COC(C)=O)[C@@H]2OC(C)(C)O[C@@H]2[C@H]1O[Si](CC)(CC)CC. The number of esters is 1. The van der Waals surface area contributed by atoms with Crippen molar-refractivity contribution in [3.05, 3.63) is 0 Å². The molecule has 2 heterocycles. The summed E-state index contributed by atoms with van der Waals surface area (Å²) in [6, 6.07) is 3.20. The first-order chi connectivity index (χ1) is 12.7. The van der Waals surface area contributed by atoms with Crippen molar-refractivity contribution >= 4 is 26.0 Å². The van der Waals surface area contributed by atoms with Crippen LogP contribution in [-0.2, 0) is 28.2 Å². The quantitative estimate of drug-likeness (QED) is 0.413. The first-order valence-electron chi connectivity index (χ1n) is 10.1. The van der Waals surface area contributed by atoms with Crippen LogP contribution < -0.4 is 0 Å². The van der Waals surface area contributed by atoms with E-state index in [2.05, 4.69) is 27.7 Å². The second-order valence-corrected chi connectivity index (χ2v) is 13.8. The number of rotatable bonds is 9. The molecule has 2 rings (SSSR count). The molecule has 2 saturated heterocycles. The number of carbonyl (C=O) groups excluding carboxylic acids is 1. The van der Waals surface area contributed by atoms with Gasteiger partial charge in [0.15, 0.2) is 14.1 Å². The molecule has 158 valence electrons. The lowest BCUT2D eigenvalue weighted by molar-refractivity contribution is -0.177. The van der Waals surface area contributed by atoms with E-state index in [1.807, 2.05) is 13.8 Å². The van der Waals surface area contributed by atoms with Gasteiger partial charge in [0.05, 0.1) is 0 Å². The smallest absolute Gasteiger partial charge is 0.302 e. The van der Waals surface area contributed by atoms with E-state index in [0.717, 1.165) is 23.9 Å². The molecular formula is C19H36O6SSi. The zero-order valence-electron chi connectivity index (χ0n) is 17.8. The van der Waals surface area contributed by atoms with Crippen LogP contribution in [0.25, 0.3) is 0 Å². The highest BCUT2D eigenvalue weighted by atomic mass is 32.2. The van der Waals surface area contributed by atoms with E-state index < -0.39 is 14.1 Å².